The molecule has 1 unspecified atom stereocenters. The molecule has 1 atom stereocenters. The molecule has 1 heterocycles. The molecule has 0 amide bonds. The van der Waals surface area contributed by atoms with E-state index in [0.717, 1.165) is 0 Å². The van der Waals surface area contributed by atoms with Gasteiger partial charge in [-0.2, -0.15) is 0 Å². The first-order valence-corrected chi connectivity index (χ1v) is 3.28. The lowest BCUT2D eigenvalue weighted by Gasteiger charge is -2.30. The largest absolute Gasteiger partial charge is 0.359 e. The summed E-state index contributed by atoms with van der Waals surface area (Å²) in [6, 6.07) is 0. The lowest BCUT2D eigenvalue weighted by molar-refractivity contribution is 0.358. The minimum atomic E-state index is -0.325. The SMILES string of the molecule is CN1C=CC=CC1(C)Cl. The van der Waals surface area contributed by atoms with Gasteiger partial charge in [0.25, 0.3) is 0 Å². The van der Waals surface area contributed by atoms with Crippen LogP contribution in [0.4, 0.5) is 0 Å². The molecule has 2 heteroatoms. The second-order valence-electron chi connectivity index (χ2n) is 2.34. The summed E-state index contributed by atoms with van der Waals surface area (Å²) in [6.07, 6.45) is 7.82. The average Bonchev–Trinajstić information content (AvgIpc) is 1.77. The van der Waals surface area contributed by atoms with Gasteiger partial charge in [-0.15, -0.1) is 0 Å². The fourth-order valence-corrected chi connectivity index (χ4v) is 0.802. The maximum absolute atomic E-state index is 6.01. The smallest absolute Gasteiger partial charge is 0.130 e. The highest BCUT2D eigenvalue weighted by Gasteiger charge is 2.20. The van der Waals surface area contributed by atoms with E-state index in [9.17, 15) is 0 Å². The van der Waals surface area contributed by atoms with E-state index in [0.29, 0.717) is 0 Å². The molecule has 1 rings (SSSR count). The first-order chi connectivity index (χ1) is 4.13. The van der Waals surface area contributed by atoms with E-state index in [1.807, 2.05) is 43.3 Å². The summed E-state index contributed by atoms with van der Waals surface area (Å²) in [4.78, 5) is 1.63. The van der Waals surface area contributed by atoms with Crippen LogP contribution >= 0.6 is 11.6 Å². The number of halogens is 1. The van der Waals surface area contributed by atoms with Crippen molar-refractivity contribution in [1.29, 1.82) is 0 Å². The lowest BCUT2D eigenvalue weighted by Crippen LogP contribution is -2.33. The van der Waals surface area contributed by atoms with Crippen LogP contribution in [0, 0.1) is 0 Å². The van der Waals surface area contributed by atoms with Crippen LogP contribution in [0.5, 0.6) is 0 Å². The van der Waals surface area contributed by atoms with Crippen LogP contribution in [-0.4, -0.2) is 16.9 Å². The lowest BCUT2D eigenvalue weighted by atomic mass is 10.2. The molecular formula is C7H10ClN. The van der Waals surface area contributed by atoms with Crippen molar-refractivity contribution in [2.75, 3.05) is 7.05 Å². The van der Waals surface area contributed by atoms with Crippen molar-refractivity contribution in [3.63, 3.8) is 0 Å². The molecule has 0 aromatic heterocycles. The summed E-state index contributed by atoms with van der Waals surface area (Å²) in [6.45, 7) is 1.95. The van der Waals surface area contributed by atoms with Crippen molar-refractivity contribution < 1.29 is 0 Å². The zero-order chi connectivity index (χ0) is 6.91. The van der Waals surface area contributed by atoms with Crippen LogP contribution in [0.3, 0.4) is 0 Å². The monoisotopic (exact) mass is 143 g/mol. The topological polar surface area (TPSA) is 3.24 Å². The van der Waals surface area contributed by atoms with Gasteiger partial charge in [-0.1, -0.05) is 17.7 Å². The molecule has 0 bridgehead atoms. The van der Waals surface area contributed by atoms with E-state index >= 15 is 0 Å². The molecule has 1 nitrogen and oxygen atoms in total. The molecule has 0 saturated heterocycles. The summed E-state index contributed by atoms with van der Waals surface area (Å²) in [5.74, 6) is 0. The fraction of sp³-hybridized carbons (Fsp3) is 0.429. The zero-order valence-corrected chi connectivity index (χ0v) is 6.39. The Kier molecular flexibility index (Phi) is 1.54. The minimum absolute atomic E-state index is 0.325. The number of allylic oxidation sites excluding steroid dienone is 2. The third-order valence-corrected chi connectivity index (χ3v) is 1.90. The fourth-order valence-electron chi connectivity index (χ4n) is 0.673. The third-order valence-electron chi connectivity index (χ3n) is 1.51. The Balaban J connectivity index is 2.78. The quantitative estimate of drug-likeness (QED) is 0.370. The number of hydrogen-bond donors (Lipinski definition) is 0. The van der Waals surface area contributed by atoms with Crippen molar-refractivity contribution in [3.05, 3.63) is 24.4 Å². The molecule has 0 aromatic rings. The second kappa shape index (κ2) is 2.07. The van der Waals surface area contributed by atoms with E-state index in [4.69, 9.17) is 11.6 Å². The molecule has 0 aromatic carbocycles. The molecule has 0 aliphatic carbocycles. The van der Waals surface area contributed by atoms with Crippen molar-refractivity contribution in [2.24, 2.45) is 0 Å². The maximum atomic E-state index is 6.01. The third kappa shape index (κ3) is 1.28. The van der Waals surface area contributed by atoms with Crippen LogP contribution in [0.25, 0.3) is 0 Å². The number of hydrogen-bond acceptors (Lipinski definition) is 1. The molecule has 1 aliphatic rings. The van der Waals surface area contributed by atoms with Crippen LogP contribution in [0.15, 0.2) is 24.4 Å². The van der Waals surface area contributed by atoms with E-state index in [2.05, 4.69) is 0 Å². The first-order valence-electron chi connectivity index (χ1n) is 2.91. The average molecular weight is 144 g/mol. The Hall–Kier alpha value is -0.430. The van der Waals surface area contributed by atoms with Crippen LogP contribution < -0.4 is 0 Å². The van der Waals surface area contributed by atoms with Crippen LogP contribution in [0.2, 0.25) is 0 Å². The van der Waals surface area contributed by atoms with E-state index in [1.165, 1.54) is 0 Å². The molecule has 0 radical (unpaired) electrons. The number of alkyl halides is 1. The van der Waals surface area contributed by atoms with Crippen LogP contribution in [0.1, 0.15) is 6.92 Å². The Labute approximate surface area is 60.6 Å². The van der Waals surface area contributed by atoms with Crippen LogP contribution in [-0.2, 0) is 0 Å². The predicted octanol–water partition coefficient (Wildman–Crippen LogP) is 1.96. The highest BCUT2D eigenvalue weighted by molar-refractivity contribution is 6.24. The van der Waals surface area contributed by atoms with E-state index in [-0.39, 0.29) is 5.00 Å². The molecule has 0 saturated carbocycles. The van der Waals surface area contributed by atoms with Gasteiger partial charge >= 0.3 is 0 Å². The van der Waals surface area contributed by atoms with Gasteiger partial charge < -0.3 is 4.90 Å². The Morgan fingerprint density at radius 2 is 2.11 bits per heavy atom. The molecule has 1 aliphatic heterocycles. The number of rotatable bonds is 0. The molecular weight excluding hydrogens is 134 g/mol. The van der Waals surface area contributed by atoms with Gasteiger partial charge in [0.05, 0.1) is 0 Å². The normalized spacial score (nSPS) is 33.4. The summed E-state index contributed by atoms with van der Waals surface area (Å²) < 4.78 is 0. The highest BCUT2D eigenvalue weighted by Crippen LogP contribution is 2.22. The van der Waals surface area contributed by atoms with Gasteiger partial charge in [0, 0.05) is 13.2 Å². The molecule has 0 spiro atoms. The molecule has 9 heavy (non-hydrogen) atoms. The summed E-state index contributed by atoms with van der Waals surface area (Å²) in [5.41, 5.74) is 0. The van der Waals surface area contributed by atoms with Gasteiger partial charge in [0.15, 0.2) is 0 Å². The van der Waals surface area contributed by atoms with Crippen molar-refractivity contribution in [1.82, 2.24) is 4.90 Å². The second-order valence-corrected chi connectivity index (χ2v) is 3.10. The summed E-state index contributed by atoms with van der Waals surface area (Å²) >= 11 is 6.01. The van der Waals surface area contributed by atoms with Crippen molar-refractivity contribution in [2.45, 2.75) is 11.9 Å². The Bertz CT molecular complexity index is 158. The zero-order valence-electron chi connectivity index (χ0n) is 5.63. The summed E-state index contributed by atoms with van der Waals surface area (Å²) in [5, 5.41) is 0. The number of nitrogens with zero attached hydrogens (tertiary/aromatic N) is 1. The molecule has 0 fully saturated rings. The molecule has 50 valence electrons. The number of likely N-dealkylation sites (N-methyl/N-ethyl adjacent to an activating group) is 1. The van der Waals surface area contributed by atoms with Crippen molar-refractivity contribution >= 4 is 11.6 Å². The Morgan fingerprint density at radius 3 is 2.44 bits per heavy atom. The maximum Gasteiger partial charge on any atom is 0.130 e. The van der Waals surface area contributed by atoms with Gasteiger partial charge in [0.1, 0.15) is 5.00 Å². The minimum Gasteiger partial charge on any atom is -0.359 e. The van der Waals surface area contributed by atoms with Crippen molar-refractivity contribution in [3.8, 4) is 0 Å². The van der Waals surface area contributed by atoms with Gasteiger partial charge in [-0.05, 0) is 19.1 Å². The standard InChI is InChI=1S/C7H10ClN/c1-7(8)5-3-4-6-9(7)2/h3-6H,1-2H3. The Morgan fingerprint density at radius 1 is 1.44 bits per heavy atom. The summed E-state index contributed by atoms with van der Waals surface area (Å²) in [7, 11) is 1.95. The highest BCUT2D eigenvalue weighted by atomic mass is 35.5. The first kappa shape index (κ1) is 6.69. The predicted molar refractivity (Wildman–Crippen MR) is 40.3 cm³/mol. The van der Waals surface area contributed by atoms with E-state index in [1.54, 1.807) is 0 Å². The molecule has 0 N–H and O–H groups in total. The van der Waals surface area contributed by atoms with Gasteiger partial charge in [-0.25, -0.2) is 0 Å². The van der Waals surface area contributed by atoms with Gasteiger partial charge in [0.2, 0.25) is 0 Å². The van der Waals surface area contributed by atoms with Gasteiger partial charge in [-0.3, -0.25) is 0 Å². The van der Waals surface area contributed by atoms with E-state index < -0.39 is 0 Å².